The van der Waals surface area contributed by atoms with Crippen LogP contribution in [0.15, 0.2) is 30.5 Å². The van der Waals surface area contributed by atoms with E-state index in [1.165, 1.54) is 11.1 Å². The Labute approximate surface area is 107 Å². The molecule has 2 N–H and O–H groups in total. The molecular formula is C15H17N3. The molecule has 3 nitrogen and oxygen atoms in total. The summed E-state index contributed by atoms with van der Waals surface area (Å²) in [6.07, 6.45) is 5.16. The molecule has 0 aliphatic heterocycles. The zero-order valence-electron chi connectivity index (χ0n) is 10.6. The van der Waals surface area contributed by atoms with Crippen molar-refractivity contribution in [1.29, 1.82) is 0 Å². The van der Waals surface area contributed by atoms with E-state index in [4.69, 9.17) is 5.73 Å². The minimum absolute atomic E-state index is 0.0703. The Bertz CT molecular complexity index is 560. The number of rotatable bonds is 1. The zero-order valence-corrected chi connectivity index (χ0v) is 10.6. The molecule has 1 atom stereocenters. The second-order valence-electron chi connectivity index (χ2n) is 4.97. The highest BCUT2D eigenvalue weighted by Crippen LogP contribution is 2.27. The molecule has 0 bridgehead atoms. The molecule has 1 aliphatic rings. The van der Waals surface area contributed by atoms with Gasteiger partial charge in [-0.15, -0.1) is 0 Å². The van der Waals surface area contributed by atoms with Gasteiger partial charge in [0.15, 0.2) is 5.82 Å². The molecule has 0 fully saturated rings. The van der Waals surface area contributed by atoms with Crippen LogP contribution in [0, 0.1) is 6.92 Å². The molecule has 0 saturated carbocycles. The Morgan fingerprint density at radius 1 is 1.22 bits per heavy atom. The van der Waals surface area contributed by atoms with Gasteiger partial charge < -0.3 is 5.73 Å². The number of benzene rings is 1. The van der Waals surface area contributed by atoms with Gasteiger partial charge in [0.2, 0.25) is 0 Å². The molecule has 1 heterocycles. The summed E-state index contributed by atoms with van der Waals surface area (Å²) in [4.78, 5) is 9.12. The van der Waals surface area contributed by atoms with Crippen molar-refractivity contribution in [3.05, 3.63) is 47.3 Å². The molecule has 0 saturated heterocycles. The lowest BCUT2D eigenvalue weighted by atomic mass is 9.93. The van der Waals surface area contributed by atoms with E-state index in [2.05, 4.69) is 41.2 Å². The van der Waals surface area contributed by atoms with E-state index in [-0.39, 0.29) is 6.04 Å². The van der Waals surface area contributed by atoms with Crippen molar-refractivity contribution in [3.63, 3.8) is 0 Å². The standard InChI is InChI=1S/C15H17N3/c1-10-5-7-11(8-6-10)15-17-9-12-3-2-4-13(16)14(12)18-15/h5-9,13H,2-4,16H2,1H3. The third-order valence-electron chi connectivity index (χ3n) is 3.52. The van der Waals surface area contributed by atoms with Crippen LogP contribution in [0.3, 0.4) is 0 Å². The monoisotopic (exact) mass is 239 g/mol. The van der Waals surface area contributed by atoms with Crippen molar-refractivity contribution >= 4 is 0 Å². The van der Waals surface area contributed by atoms with E-state index < -0.39 is 0 Å². The molecule has 0 spiro atoms. The molecule has 0 radical (unpaired) electrons. The lowest BCUT2D eigenvalue weighted by molar-refractivity contribution is 0.552. The molecule has 3 heteroatoms. The highest BCUT2D eigenvalue weighted by atomic mass is 14.9. The van der Waals surface area contributed by atoms with Crippen LogP contribution in [0.5, 0.6) is 0 Å². The first kappa shape index (κ1) is 11.4. The van der Waals surface area contributed by atoms with Gasteiger partial charge in [-0.2, -0.15) is 0 Å². The molecular weight excluding hydrogens is 222 g/mol. The third kappa shape index (κ3) is 2.02. The number of hydrogen-bond acceptors (Lipinski definition) is 3. The quantitative estimate of drug-likeness (QED) is 0.832. The second kappa shape index (κ2) is 4.50. The molecule has 18 heavy (non-hydrogen) atoms. The Kier molecular flexibility index (Phi) is 2.84. The molecule has 1 aromatic carbocycles. The number of fused-ring (bicyclic) bond motifs is 1. The molecule has 0 amide bonds. The average molecular weight is 239 g/mol. The van der Waals surface area contributed by atoms with Crippen LogP contribution in [-0.4, -0.2) is 9.97 Å². The van der Waals surface area contributed by atoms with E-state index in [1.807, 2.05) is 6.20 Å². The van der Waals surface area contributed by atoms with Crippen LogP contribution in [0.2, 0.25) is 0 Å². The number of aryl methyl sites for hydroxylation is 2. The van der Waals surface area contributed by atoms with Crippen molar-refractivity contribution in [2.24, 2.45) is 5.73 Å². The molecule has 1 aromatic heterocycles. The highest BCUT2D eigenvalue weighted by molar-refractivity contribution is 5.55. The van der Waals surface area contributed by atoms with E-state index in [1.54, 1.807) is 0 Å². The van der Waals surface area contributed by atoms with Gasteiger partial charge >= 0.3 is 0 Å². The summed E-state index contributed by atoms with van der Waals surface area (Å²) in [7, 11) is 0. The van der Waals surface area contributed by atoms with E-state index >= 15 is 0 Å². The predicted molar refractivity (Wildman–Crippen MR) is 72.1 cm³/mol. The summed E-state index contributed by atoms with van der Waals surface area (Å²) in [6, 6.07) is 8.36. The van der Waals surface area contributed by atoms with Crippen molar-refractivity contribution in [3.8, 4) is 11.4 Å². The van der Waals surface area contributed by atoms with Crippen LogP contribution in [0.1, 0.15) is 35.7 Å². The maximum absolute atomic E-state index is 6.13. The van der Waals surface area contributed by atoms with Gasteiger partial charge in [-0.1, -0.05) is 29.8 Å². The first-order chi connectivity index (χ1) is 8.74. The van der Waals surface area contributed by atoms with Gasteiger partial charge in [-0.25, -0.2) is 9.97 Å². The Hall–Kier alpha value is -1.74. The van der Waals surface area contributed by atoms with Crippen molar-refractivity contribution < 1.29 is 0 Å². The summed E-state index contributed by atoms with van der Waals surface area (Å²) in [5, 5.41) is 0. The maximum atomic E-state index is 6.13. The second-order valence-corrected chi connectivity index (χ2v) is 4.97. The SMILES string of the molecule is Cc1ccc(-c2ncc3c(n2)C(N)CCC3)cc1. The zero-order chi connectivity index (χ0) is 12.5. The maximum Gasteiger partial charge on any atom is 0.159 e. The predicted octanol–water partition coefficient (Wildman–Crippen LogP) is 2.79. The van der Waals surface area contributed by atoms with E-state index in [9.17, 15) is 0 Å². The van der Waals surface area contributed by atoms with Gasteiger partial charge in [0.25, 0.3) is 0 Å². The van der Waals surface area contributed by atoms with Gasteiger partial charge in [0, 0.05) is 17.8 Å². The minimum Gasteiger partial charge on any atom is -0.323 e. The Morgan fingerprint density at radius 2 is 2.00 bits per heavy atom. The summed E-state index contributed by atoms with van der Waals surface area (Å²) in [6.45, 7) is 2.08. The van der Waals surface area contributed by atoms with Crippen molar-refractivity contribution in [2.75, 3.05) is 0 Å². The van der Waals surface area contributed by atoms with Crippen LogP contribution in [-0.2, 0) is 6.42 Å². The Balaban J connectivity index is 2.03. The van der Waals surface area contributed by atoms with Crippen LogP contribution < -0.4 is 5.73 Å². The van der Waals surface area contributed by atoms with Gasteiger partial charge in [-0.05, 0) is 31.7 Å². The Morgan fingerprint density at radius 3 is 2.78 bits per heavy atom. The number of aromatic nitrogens is 2. The van der Waals surface area contributed by atoms with Crippen molar-refractivity contribution in [2.45, 2.75) is 32.2 Å². The topological polar surface area (TPSA) is 51.8 Å². The molecule has 3 rings (SSSR count). The first-order valence-corrected chi connectivity index (χ1v) is 6.42. The highest BCUT2D eigenvalue weighted by Gasteiger charge is 2.19. The summed E-state index contributed by atoms with van der Waals surface area (Å²) >= 11 is 0. The molecule has 1 aliphatic carbocycles. The van der Waals surface area contributed by atoms with Crippen LogP contribution >= 0.6 is 0 Å². The fraction of sp³-hybridized carbons (Fsp3) is 0.333. The number of nitrogens with two attached hydrogens (primary N) is 1. The lowest BCUT2D eigenvalue weighted by Gasteiger charge is -2.21. The normalized spacial score (nSPS) is 18.4. The summed E-state index contributed by atoms with van der Waals surface area (Å²) < 4.78 is 0. The van der Waals surface area contributed by atoms with E-state index in [0.717, 1.165) is 36.3 Å². The van der Waals surface area contributed by atoms with Gasteiger partial charge in [-0.3, -0.25) is 0 Å². The van der Waals surface area contributed by atoms with Crippen LogP contribution in [0.4, 0.5) is 0 Å². The first-order valence-electron chi connectivity index (χ1n) is 6.42. The van der Waals surface area contributed by atoms with Gasteiger partial charge in [0.1, 0.15) is 0 Å². The largest absolute Gasteiger partial charge is 0.323 e. The number of hydrogen-bond donors (Lipinski definition) is 1. The lowest BCUT2D eigenvalue weighted by Crippen LogP contribution is -2.19. The molecule has 2 aromatic rings. The van der Waals surface area contributed by atoms with E-state index in [0.29, 0.717) is 0 Å². The smallest absolute Gasteiger partial charge is 0.159 e. The third-order valence-corrected chi connectivity index (χ3v) is 3.52. The fourth-order valence-corrected chi connectivity index (χ4v) is 2.42. The summed E-state index contributed by atoms with van der Waals surface area (Å²) in [5.41, 5.74) is 10.7. The minimum atomic E-state index is 0.0703. The van der Waals surface area contributed by atoms with Crippen LogP contribution in [0.25, 0.3) is 11.4 Å². The fourth-order valence-electron chi connectivity index (χ4n) is 2.42. The van der Waals surface area contributed by atoms with Crippen molar-refractivity contribution in [1.82, 2.24) is 9.97 Å². The average Bonchev–Trinajstić information content (AvgIpc) is 2.40. The summed E-state index contributed by atoms with van der Waals surface area (Å²) in [5.74, 6) is 0.783. The number of nitrogens with zero attached hydrogens (tertiary/aromatic N) is 2. The molecule has 92 valence electrons. The molecule has 1 unspecified atom stereocenters. The van der Waals surface area contributed by atoms with Gasteiger partial charge in [0.05, 0.1) is 5.69 Å².